The van der Waals surface area contributed by atoms with Gasteiger partial charge in [-0.05, 0) is 25.1 Å². The number of hydrogen-bond acceptors (Lipinski definition) is 3. The Hall–Kier alpha value is -0.840. The Kier molecular flexibility index (Phi) is 4.59. The van der Waals surface area contributed by atoms with Crippen molar-refractivity contribution in [1.29, 1.82) is 0 Å². The van der Waals surface area contributed by atoms with Crippen molar-refractivity contribution in [3.8, 4) is 0 Å². The zero-order chi connectivity index (χ0) is 12.1. The maximum Gasteiger partial charge on any atom is 0.0952 e. The van der Waals surface area contributed by atoms with Gasteiger partial charge in [-0.25, -0.2) is 4.98 Å². The Bertz CT molecular complexity index is 464. The monoisotopic (exact) mass is 269 g/mol. The normalized spacial score (nSPS) is 10.9. The van der Waals surface area contributed by atoms with Crippen LogP contribution >= 0.6 is 22.9 Å². The highest BCUT2D eigenvalue weighted by Gasteiger charge is 2.04. The summed E-state index contributed by atoms with van der Waals surface area (Å²) in [6, 6.07) is 4.00. The first-order valence-electron chi connectivity index (χ1n) is 5.73. The summed E-state index contributed by atoms with van der Waals surface area (Å²) in [4.78, 5) is 5.45. The maximum atomic E-state index is 5.92. The number of halogens is 1. The predicted molar refractivity (Wildman–Crippen MR) is 72.7 cm³/mol. The second-order valence-corrected chi connectivity index (χ2v) is 5.70. The summed E-state index contributed by atoms with van der Waals surface area (Å²) in [5.74, 6) is 0. The lowest BCUT2D eigenvalue weighted by Crippen LogP contribution is -2.16. The summed E-state index contributed by atoms with van der Waals surface area (Å²) in [5, 5.41) is 3.39. The molecule has 5 heteroatoms. The van der Waals surface area contributed by atoms with E-state index in [1.54, 1.807) is 11.3 Å². The molecule has 0 aliphatic carbocycles. The van der Waals surface area contributed by atoms with E-state index in [1.165, 1.54) is 10.6 Å². The van der Waals surface area contributed by atoms with Crippen molar-refractivity contribution >= 4 is 22.9 Å². The third kappa shape index (κ3) is 3.56. The largest absolute Gasteiger partial charge is 0.328 e. The minimum atomic E-state index is 0.839. The summed E-state index contributed by atoms with van der Waals surface area (Å²) in [7, 11) is 0. The van der Waals surface area contributed by atoms with Crippen LogP contribution in [-0.4, -0.2) is 16.1 Å². The average molecular weight is 270 g/mol. The van der Waals surface area contributed by atoms with Crippen LogP contribution in [0.15, 0.2) is 24.7 Å². The first kappa shape index (κ1) is 12.6. The quantitative estimate of drug-likeness (QED) is 0.817. The molecule has 17 heavy (non-hydrogen) atoms. The zero-order valence-corrected chi connectivity index (χ0v) is 11.4. The highest BCUT2D eigenvalue weighted by molar-refractivity contribution is 7.16. The van der Waals surface area contributed by atoms with Crippen LogP contribution in [0.4, 0.5) is 0 Å². The average Bonchev–Trinajstić information content (AvgIpc) is 2.90. The zero-order valence-electron chi connectivity index (χ0n) is 9.82. The molecule has 0 aliphatic heterocycles. The maximum absolute atomic E-state index is 5.92. The fraction of sp³-hybridized carbons (Fsp3) is 0.417. The van der Waals surface area contributed by atoms with Crippen molar-refractivity contribution < 1.29 is 0 Å². The van der Waals surface area contributed by atoms with Gasteiger partial charge in [0.25, 0.3) is 0 Å². The van der Waals surface area contributed by atoms with Gasteiger partial charge in [-0.3, -0.25) is 0 Å². The van der Waals surface area contributed by atoms with Crippen molar-refractivity contribution in [2.24, 2.45) is 0 Å². The van der Waals surface area contributed by atoms with E-state index in [9.17, 15) is 0 Å². The minimum absolute atomic E-state index is 0.839. The molecule has 0 radical (unpaired) electrons. The van der Waals surface area contributed by atoms with Crippen LogP contribution in [0.5, 0.6) is 0 Å². The van der Waals surface area contributed by atoms with Crippen molar-refractivity contribution in [2.75, 3.05) is 6.54 Å². The lowest BCUT2D eigenvalue weighted by Gasteiger charge is -2.07. The van der Waals surface area contributed by atoms with Gasteiger partial charge in [0.1, 0.15) is 0 Å². The molecule has 0 saturated carbocycles. The molecule has 0 bridgehead atoms. The van der Waals surface area contributed by atoms with E-state index in [4.69, 9.17) is 11.6 Å². The third-order valence-corrected chi connectivity index (χ3v) is 3.70. The smallest absolute Gasteiger partial charge is 0.0952 e. The highest BCUT2D eigenvalue weighted by Crippen LogP contribution is 2.22. The molecule has 92 valence electrons. The van der Waals surface area contributed by atoms with E-state index in [2.05, 4.69) is 27.9 Å². The van der Waals surface area contributed by atoms with Gasteiger partial charge in [-0.1, -0.05) is 18.5 Å². The number of aromatic nitrogens is 2. The Balaban J connectivity index is 1.98. The number of nitrogens with zero attached hydrogens (tertiary/aromatic N) is 2. The third-order valence-electron chi connectivity index (χ3n) is 2.49. The second kappa shape index (κ2) is 6.19. The van der Waals surface area contributed by atoms with E-state index in [1.807, 2.05) is 18.6 Å². The highest BCUT2D eigenvalue weighted by atomic mass is 35.5. The van der Waals surface area contributed by atoms with E-state index in [0.717, 1.165) is 30.4 Å². The molecule has 0 unspecified atom stereocenters. The fourth-order valence-corrected chi connectivity index (χ4v) is 2.72. The Labute approximate surface area is 110 Å². The van der Waals surface area contributed by atoms with Crippen LogP contribution in [0.2, 0.25) is 4.34 Å². The van der Waals surface area contributed by atoms with Gasteiger partial charge in [0.15, 0.2) is 0 Å². The van der Waals surface area contributed by atoms with Gasteiger partial charge in [-0.15, -0.1) is 11.3 Å². The van der Waals surface area contributed by atoms with Crippen molar-refractivity contribution in [3.63, 3.8) is 0 Å². The molecule has 2 rings (SSSR count). The SMILES string of the molecule is CCCNCc1cncn1Cc1ccc(Cl)s1. The molecule has 0 atom stereocenters. The van der Waals surface area contributed by atoms with Gasteiger partial charge >= 0.3 is 0 Å². The second-order valence-electron chi connectivity index (χ2n) is 3.90. The molecular formula is C12H16ClN3S. The van der Waals surface area contributed by atoms with Crippen LogP contribution in [0.1, 0.15) is 23.9 Å². The van der Waals surface area contributed by atoms with Crippen LogP contribution in [0, 0.1) is 0 Å². The molecular weight excluding hydrogens is 254 g/mol. The molecule has 0 spiro atoms. The number of nitrogens with one attached hydrogen (secondary N) is 1. The Morgan fingerprint density at radius 3 is 3.06 bits per heavy atom. The van der Waals surface area contributed by atoms with Crippen molar-refractivity contribution in [1.82, 2.24) is 14.9 Å². The van der Waals surface area contributed by atoms with Gasteiger partial charge in [-0.2, -0.15) is 0 Å². The number of rotatable bonds is 6. The van der Waals surface area contributed by atoms with Gasteiger partial charge in [0.05, 0.1) is 22.9 Å². The lowest BCUT2D eigenvalue weighted by atomic mass is 10.4. The molecule has 1 N–H and O–H groups in total. The van der Waals surface area contributed by atoms with E-state index >= 15 is 0 Å². The van der Waals surface area contributed by atoms with Gasteiger partial charge in [0, 0.05) is 17.6 Å². The van der Waals surface area contributed by atoms with E-state index in [-0.39, 0.29) is 0 Å². The summed E-state index contributed by atoms with van der Waals surface area (Å²) in [5.41, 5.74) is 1.21. The molecule has 0 aromatic carbocycles. The van der Waals surface area contributed by atoms with Crippen molar-refractivity contribution in [3.05, 3.63) is 39.6 Å². The topological polar surface area (TPSA) is 29.9 Å². The molecule has 0 saturated heterocycles. The number of hydrogen-bond donors (Lipinski definition) is 1. The summed E-state index contributed by atoms with van der Waals surface area (Å²) < 4.78 is 3.00. The molecule has 2 aromatic rings. The summed E-state index contributed by atoms with van der Waals surface area (Å²) in [6.07, 6.45) is 4.93. The van der Waals surface area contributed by atoms with E-state index < -0.39 is 0 Å². The Morgan fingerprint density at radius 2 is 2.35 bits per heavy atom. The van der Waals surface area contributed by atoms with Gasteiger partial charge < -0.3 is 9.88 Å². The molecule has 2 heterocycles. The van der Waals surface area contributed by atoms with Crippen molar-refractivity contribution in [2.45, 2.75) is 26.4 Å². The Morgan fingerprint density at radius 1 is 1.47 bits per heavy atom. The number of imidazole rings is 1. The minimum Gasteiger partial charge on any atom is -0.328 e. The van der Waals surface area contributed by atoms with E-state index in [0.29, 0.717) is 0 Å². The molecule has 2 aromatic heterocycles. The number of thiophene rings is 1. The molecule has 0 aliphatic rings. The predicted octanol–water partition coefficient (Wildman–Crippen LogP) is 3.15. The lowest BCUT2D eigenvalue weighted by molar-refractivity contribution is 0.632. The molecule has 0 amide bonds. The summed E-state index contributed by atoms with van der Waals surface area (Å²) >= 11 is 7.54. The molecule has 3 nitrogen and oxygen atoms in total. The first-order chi connectivity index (χ1) is 8.29. The molecule has 0 fully saturated rings. The van der Waals surface area contributed by atoms with Crippen LogP contribution in [0.25, 0.3) is 0 Å². The van der Waals surface area contributed by atoms with Crippen LogP contribution in [0.3, 0.4) is 0 Å². The van der Waals surface area contributed by atoms with Gasteiger partial charge in [0.2, 0.25) is 0 Å². The first-order valence-corrected chi connectivity index (χ1v) is 6.93. The van der Waals surface area contributed by atoms with Crippen LogP contribution < -0.4 is 5.32 Å². The fourth-order valence-electron chi connectivity index (χ4n) is 1.64. The summed E-state index contributed by atoms with van der Waals surface area (Å²) in [6.45, 7) is 4.92. The van der Waals surface area contributed by atoms with Crippen LogP contribution in [-0.2, 0) is 13.1 Å². The standard InChI is InChI=1S/C12H16ClN3S/c1-2-5-14-6-10-7-15-9-16(10)8-11-3-4-12(13)17-11/h3-4,7,9,14H,2,5-6,8H2,1H3.